The quantitative estimate of drug-likeness (QED) is 0.265. The monoisotopic (exact) mass is 507 g/mol. The molecule has 10 heteroatoms. The smallest absolute Gasteiger partial charge is 0.224 e. The Morgan fingerprint density at radius 3 is 2.79 bits per heavy atom. The average molecular weight is 508 g/mol. The number of carbonyl (C=O) groups excluding carboxylic acids is 1. The van der Waals surface area contributed by atoms with Crippen LogP contribution in [0.15, 0.2) is 67.1 Å². The first-order valence-corrected chi connectivity index (χ1v) is 12.0. The van der Waals surface area contributed by atoms with Crippen molar-refractivity contribution in [1.29, 1.82) is 0 Å². The Bertz CT molecular complexity index is 1830. The molecule has 0 bridgehead atoms. The second kappa shape index (κ2) is 9.40. The Kier molecular flexibility index (Phi) is 5.76. The third kappa shape index (κ3) is 4.21. The van der Waals surface area contributed by atoms with E-state index in [0.717, 1.165) is 27.5 Å². The minimum atomic E-state index is -0.391. The molecule has 0 radical (unpaired) electrons. The van der Waals surface area contributed by atoms with Crippen molar-refractivity contribution in [1.82, 2.24) is 30.1 Å². The molecule has 0 saturated heterocycles. The zero-order chi connectivity index (χ0) is 26.2. The molecule has 4 aromatic heterocycles. The molecule has 0 aliphatic heterocycles. The molecule has 2 aromatic carbocycles. The van der Waals surface area contributed by atoms with Crippen LogP contribution in [0.2, 0.25) is 0 Å². The summed E-state index contributed by atoms with van der Waals surface area (Å²) in [5.74, 6) is 0.504. The van der Waals surface area contributed by atoms with Gasteiger partial charge in [-0.3, -0.25) is 19.9 Å². The lowest BCUT2D eigenvalue weighted by molar-refractivity contribution is -0.115. The van der Waals surface area contributed by atoms with Crippen molar-refractivity contribution < 1.29 is 13.9 Å². The van der Waals surface area contributed by atoms with Gasteiger partial charge in [0.05, 0.1) is 47.4 Å². The summed E-state index contributed by atoms with van der Waals surface area (Å²) in [5, 5.41) is 11.1. The van der Waals surface area contributed by atoms with Crippen LogP contribution < -0.4 is 10.1 Å². The van der Waals surface area contributed by atoms with Crippen molar-refractivity contribution in [2.75, 3.05) is 12.4 Å². The van der Waals surface area contributed by atoms with Crippen LogP contribution in [0.5, 0.6) is 5.75 Å². The Labute approximate surface area is 216 Å². The lowest BCUT2D eigenvalue weighted by atomic mass is 10.0. The SMILES string of the molecule is CCC(=O)Nc1cncc(-c2cc3c(-c4nc5c(-c6cc(F)cc(OC)c6)cccc5[nH]4)n[nH]c3cn2)c1. The highest BCUT2D eigenvalue weighted by Gasteiger charge is 2.17. The van der Waals surface area contributed by atoms with E-state index in [1.165, 1.54) is 19.2 Å². The maximum Gasteiger partial charge on any atom is 0.224 e. The summed E-state index contributed by atoms with van der Waals surface area (Å²) in [7, 11) is 1.51. The number of nitrogens with zero attached hydrogens (tertiary/aromatic N) is 4. The Morgan fingerprint density at radius 1 is 1.05 bits per heavy atom. The van der Waals surface area contributed by atoms with E-state index in [0.29, 0.717) is 46.2 Å². The highest BCUT2D eigenvalue weighted by Crippen LogP contribution is 2.34. The molecule has 6 aromatic rings. The molecular formula is C28H22FN7O2. The number of aromatic nitrogens is 6. The van der Waals surface area contributed by atoms with E-state index in [-0.39, 0.29) is 5.91 Å². The Morgan fingerprint density at radius 2 is 1.95 bits per heavy atom. The fourth-order valence-corrected chi connectivity index (χ4v) is 4.37. The zero-order valence-electron chi connectivity index (χ0n) is 20.5. The maximum atomic E-state index is 14.2. The molecule has 0 aliphatic rings. The van der Waals surface area contributed by atoms with Gasteiger partial charge in [-0.1, -0.05) is 19.1 Å². The molecule has 0 aliphatic carbocycles. The van der Waals surface area contributed by atoms with Crippen LogP contribution in [0, 0.1) is 5.82 Å². The van der Waals surface area contributed by atoms with Gasteiger partial charge in [0, 0.05) is 35.2 Å². The zero-order valence-corrected chi connectivity index (χ0v) is 20.5. The predicted molar refractivity (Wildman–Crippen MR) is 143 cm³/mol. The number of ether oxygens (including phenoxy) is 1. The molecule has 1 amide bonds. The molecule has 188 valence electrons. The van der Waals surface area contributed by atoms with E-state index in [4.69, 9.17) is 9.72 Å². The summed E-state index contributed by atoms with van der Waals surface area (Å²) in [4.78, 5) is 28.8. The number of fused-ring (bicyclic) bond motifs is 2. The third-order valence-electron chi connectivity index (χ3n) is 6.24. The molecule has 9 nitrogen and oxygen atoms in total. The number of halogens is 1. The van der Waals surface area contributed by atoms with Crippen molar-refractivity contribution in [3.05, 3.63) is 72.9 Å². The first-order valence-electron chi connectivity index (χ1n) is 12.0. The molecule has 0 spiro atoms. The second-order valence-electron chi connectivity index (χ2n) is 8.72. The average Bonchev–Trinajstić information content (AvgIpc) is 3.56. The molecule has 0 unspecified atom stereocenters. The van der Waals surface area contributed by atoms with Crippen molar-refractivity contribution in [3.8, 4) is 39.7 Å². The summed E-state index contributed by atoms with van der Waals surface area (Å²) in [5.41, 5.74) is 6.27. The lowest BCUT2D eigenvalue weighted by Gasteiger charge is -2.06. The highest BCUT2D eigenvalue weighted by molar-refractivity contribution is 5.98. The normalized spacial score (nSPS) is 11.2. The fourth-order valence-electron chi connectivity index (χ4n) is 4.37. The number of H-pyrrole nitrogens is 2. The van der Waals surface area contributed by atoms with E-state index in [1.54, 1.807) is 31.6 Å². The molecule has 0 fully saturated rings. The number of imidazole rings is 1. The molecule has 3 N–H and O–H groups in total. The summed E-state index contributed by atoms with van der Waals surface area (Å²) in [6.07, 6.45) is 5.36. The van der Waals surface area contributed by atoms with Crippen molar-refractivity contribution >= 4 is 33.5 Å². The number of rotatable bonds is 6. The number of pyridine rings is 2. The number of aromatic amines is 2. The first-order chi connectivity index (χ1) is 18.5. The maximum absolute atomic E-state index is 14.2. The van der Waals surface area contributed by atoms with Gasteiger partial charge in [-0.2, -0.15) is 5.10 Å². The number of carbonyl (C=O) groups is 1. The molecule has 0 saturated carbocycles. The van der Waals surface area contributed by atoms with E-state index >= 15 is 0 Å². The van der Waals surface area contributed by atoms with Crippen LogP contribution in [0.3, 0.4) is 0 Å². The first kappa shape index (κ1) is 23.3. The van der Waals surface area contributed by atoms with Gasteiger partial charge in [0.1, 0.15) is 17.3 Å². The fraction of sp³-hybridized carbons (Fsp3) is 0.107. The minimum Gasteiger partial charge on any atom is -0.497 e. The summed E-state index contributed by atoms with van der Waals surface area (Å²) >= 11 is 0. The Hall–Kier alpha value is -5.12. The van der Waals surface area contributed by atoms with Crippen molar-refractivity contribution in [2.24, 2.45) is 0 Å². The molecular weight excluding hydrogens is 485 g/mol. The van der Waals surface area contributed by atoms with Crippen LogP contribution in [0.1, 0.15) is 13.3 Å². The lowest BCUT2D eigenvalue weighted by Crippen LogP contribution is -2.09. The van der Waals surface area contributed by atoms with Gasteiger partial charge in [0.25, 0.3) is 0 Å². The van der Waals surface area contributed by atoms with Gasteiger partial charge in [0.2, 0.25) is 5.91 Å². The largest absolute Gasteiger partial charge is 0.497 e. The molecule has 38 heavy (non-hydrogen) atoms. The standard InChI is InChI=1S/C28H22FN7O2/c1-3-25(37)32-18-8-16(12-30-13-18)23-11-21-24(14-31-23)35-36-27(21)28-33-22-6-4-5-20(26(22)34-28)15-7-17(29)10-19(9-15)38-2/h4-14H,3H2,1-2H3,(H,32,37)(H,33,34)(H,35,36). The van der Waals surface area contributed by atoms with Gasteiger partial charge in [-0.25, -0.2) is 9.37 Å². The number of anilines is 1. The number of hydrogen-bond donors (Lipinski definition) is 3. The number of hydrogen-bond acceptors (Lipinski definition) is 6. The second-order valence-corrected chi connectivity index (χ2v) is 8.72. The number of nitrogens with one attached hydrogen (secondary N) is 3. The number of amides is 1. The van der Waals surface area contributed by atoms with Gasteiger partial charge >= 0.3 is 0 Å². The van der Waals surface area contributed by atoms with Crippen LogP contribution in [-0.4, -0.2) is 43.2 Å². The van der Waals surface area contributed by atoms with E-state index in [2.05, 4.69) is 30.5 Å². The summed E-state index contributed by atoms with van der Waals surface area (Å²) in [6.45, 7) is 1.79. The predicted octanol–water partition coefficient (Wildman–Crippen LogP) is 5.73. The molecule has 4 heterocycles. The highest BCUT2D eigenvalue weighted by atomic mass is 19.1. The van der Waals surface area contributed by atoms with E-state index in [9.17, 15) is 9.18 Å². The summed E-state index contributed by atoms with van der Waals surface area (Å²) in [6, 6.07) is 14.0. The number of benzene rings is 2. The van der Waals surface area contributed by atoms with E-state index in [1.807, 2.05) is 30.3 Å². The number of methoxy groups -OCH3 is 1. The van der Waals surface area contributed by atoms with Gasteiger partial charge in [0.15, 0.2) is 5.82 Å². The minimum absolute atomic E-state index is 0.0922. The molecule has 6 rings (SSSR count). The van der Waals surface area contributed by atoms with Crippen molar-refractivity contribution in [2.45, 2.75) is 13.3 Å². The van der Waals surface area contributed by atoms with Crippen LogP contribution in [0.4, 0.5) is 10.1 Å². The third-order valence-corrected chi connectivity index (χ3v) is 6.24. The van der Waals surface area contributed by atoms with Gasteiger partial charge in [-0.15, -0.1) is 0 Å². The number of para-hydroxylation sites is 1. The molecule has 0 atom stereocenters. The Balaban J connectivity index is 1.43. The topological polar surface area (TPSA) is 121 Å². The van der Waals surface area contributed by atoms with Crippen LogP contribution in [-0.2, 0) is 4.79 Å². The van der Waals surface area contributed by atoms with Crippen LogP contribution >= 0.6 is 0 Å². The van der Waals surface area contributed by atoms with Gasteiger partial charge in [-0.05, 0) is 35.9 Å². The van der Waals surface area contributed by atoms with Crippen LogP contribution in [0.25, 0.3) is 55.8 Å². The van der Waals surface area contributed by atoms with Gasteiger partial charge < -0.3 is 15.0 Å². The summed E-state index contributed by atoms with van der Waals surface area (Å²) < 4.78 is 19.5. The van der Waals surface area contributed by atoms with E-state index < -0.39 is 5.82 Å². The van der Waals surface area contributed by atoms with Crippen molar-refractivity contribution in [3.63, 3.8) is 0 Å².